The van der Waals surface area contributed by atoms with Gasteiger partial charge < -0.3 is 9.47 Å². The lowest BCUT2D eigenvalue weighted by Gasteiger charge is -2.35. The number of alkyl halides is 3. The number of hydrogen-bond donors (Lipinski definition) is 0. The number of amides is 1. The van der Waals surface area contributed by atoms with Gasteiger partial charge in [0.2, 0.25) is 0 Å². The monoisotopic (exact) mass is 383 g/mol. The Morgan fingerprint density at radius 3 is 2.44 bits per heavy atom. The van der Waals surface area contributed by atoms with E-state index in [4.69, 9.17) is 9.47 Å². The molecule has 0 radical (unpaired) electrons. The summed E-state index contributed by atoms with van der Waals surface area (Å²) in [6, 6.07) is 3.86. The highest BCUT2D eigenvalue weighted by Gasteiger charge is 2.42. The van der Waals surface area contributed by atoms with Crippen molar-refractivity contribution in [1.29, 1.82) is 0 Å². The largest absolute Gasteiger partial charge is 0.496 e. The summed E-state index contributed by atoms with van der Waals surface area (Å²) < 4.78 is 49.7. The number of rotatable bonds is 2. The van der Waals surface area contributed by atoms with Crippen LogP contribution in [0.5, 0.6) is 5.75 Å². The molecule has 148 valence electrons. The SMILES string of the molecule is COc1cc(C2=CC3CCC(C2)N3C(=O)OC(C)(C)C)ccc1C(F)(F)F. The van der Waals surface area contributed by atoms with E-state index in [0.717, 1.165) is 24.5 Å². The molecule has 2 unspecified atom stereocenters. The van der Waals surface area contributed by atoms with Gasteiger partial charge in [-0.1, -0.05) is 12.1 Å². The van der Waals surface area contributed by atoms with E-state index in [1.54, 1.807) is 4.90 Å². The van der Waals surface area contributed by atoms with Crippen molar-refractivity contribution in [3.63, 3.8) is 0 Å². The number of carbonyl (C=O) groups is 1. The Balaban J connectivity index is 1.86. The van der Waals surface area contributed by atoms with Crippen LogP contribution in [0.1, 0.15) is 51.2 Å². The van der Waals surface area contributed by atoms with Crippen molar-refractivity contribution in [2.75, 3.05) is 7.11 Å². The third kappa shape index (κ3) is 4.06. The van der Waals surface area contributed by atoms with Gasteiger partial charge in [-0.3, -0.25) is 4.90 Å². The van der Waals surface area contributed by atoms with E-state index < -0.39 is 17.3 Å². The summed E-state index contributed by atoms with van der Waals surface area (Å²) in [6.45, 7) is 5.48. The molecule has 2 bridgehead atoms. The minimum absolute atomic E-state index is 0.00172. The van der Waals surface area contributed by atoms with Crippen LogP contribution in [0, 0.1) is 0 Å². The van der Waals surface area contributed by atoms with Gasteiger partial charge in [-0.2, -0.15) is 13.2 Å². The molecule has 1 fully saturated rings. The highest BCUT2D eigenvalue weighted by Crippen LogP contribution is 2.42. The minimum atomic E-state index is -4.46. The standard InChI is InChI=1S/C20H24F3NO3/c1-19(2,3)27-18(25)24-14-6-7-15(24)10-13(9-14)12-5-8-16(20(21,22)23)17(11-12)26-4/h5,8-9,11,14-15H,6-7,10H2,1-4H3. The van der Waals surface area contributed by atoms with Gasteiger partial charge in [-0.15, -0.1) is 0 Å². The Kier molecular flexibility index (Phi) is 4.91. The van der Waals surface area contributed by atoms with Gasteiger partial charge in [-0.05, 0) is 63.3 Å². The van der Waals surface area contributed by atoms with E-state index in [1.165, 1.54) is 19.2 Å². The molecule has 2 aliphatic heterocycles. The molecule has 1 amide bonds. The molecule has 2 aliphatic rings. The van der Waals surface area contributed by atoms with E-state index in [1.807, 2.05) is 26.8 Å². The molecule has 2 heterocycles. The second-order valence-corrected chi connectivity index (χ2v) is 7.99. The van der Waals surface area contributed by atoms with Gasteiger partial charge in [0, 0.05) is 6.04 Å². The van der Waals surface area contributed by atoms with Crippen molar-refractivity contribution in [2.45, 2.75) is 63.9 Å². The van der Waals surface area contributed by atoms with Gasteiger partial charge in [0.15, 0.2) is 0 Å². The zero-order valence-corrected chi connectivity index (χ0v) is 15.9. The Labute approximate surface area is 156 Å². The first kappa shape index (κ1) is 19.6. The number of carbonyl (C=O) groups excluding carboxylic acids is 1. The van der Waals surface area contributed by atoms with E-state index >= 15 is 0 Å². The molecular weight excluding hydrogens is 359 g/mol. The number of halogens is 3. The number of nitrogens with zero attached hydrogens (tertiary/aromatic N) is 1. The molecule has 0 spiro atoms. The molecule has 4 nitrogen and oxygen atoms in total. The first-order valence-corrected chi connectivity index (χ1v) is 8.97. The van der Waals surface area contributed by atoms with Gasteiger partial charge in [0.25, 0.3) is 0 Å². The molecular formula is C20H24F3NO3. The maximum absolute atomic E-state index is 13.1. The first-order chi connectivity index (χ1) is 12.5. The van der Waals surface area contributed by atoms with Gasteiger partial charge in [-0.25, -0.2) is 4.79 Å². The van der Waals surface area contributed by atoms with Gasteiger partial charge in [0.1, 0.15) is 11.4 Å². The van der Waals surface area contributed by atoms with Crippen LogP contribution in [0.25, 0.3) is 5.57 Å². The lowest BCUT2D eigenvalue weighted by atomic mass is 9.94. The van der Waals surface area contributed by atoms with Crippen molar-refractivity contribution in [3.05, 3.63) is 35.4 Å². The number of hydrogen-bond acceptors (Lipinski definition) is 3. The van der Waals surface area contributed by atoms with Crippen LogP contribution in [-0.4, -0.2) is 35.8 Å². The van der Waals surface area contributed by atoms with Crippen LogP contribution in [0.3, 0.4) is 0 Å². The summed E-state index contributed by atoms with van der Waals surface area (Å²) in [5.41, 5.74) is 0.278. The predicted molar refractivity (Wildman–Crippen MR) is 95.5 cm³/mol. The summed E-state index contributed by atoms with van der Waals surface area (Å²) >= 11 is 0. The Morgan fingerprint density at radius 1 is 1.19 bits per heavy atom. The maximum Gasteiger partial charge on any atom is 0.419 e. The summed E-state index contributed by atoms with van der Waals surface area (Å²) in [5.74, 6) is -0.192. The summed E-state index contributed by atoms with van der Waals surface area (Å²) in [4.78, 5) is 14.3. The molecule has 3 rings (SSSR count). The van der Waals surface area contributed by atoms with Crippen molar-refractivity contribution < 1.29 is 27.4 Å². The highest BCUT2D eigenvalue weighted by atomic mass is 19.4. The molecule has 1 aromatic carbocycles. The summed E-state index contributed by atoms with van der Waals surface area (Å²) in [6.07, 6.45) is -0.570. The fourth-order valence-corrected chi connectivity index (χ4v) is 3.77. The lowest BCUT2D eigenvalue weighted by Crippen LogP contribution is -2.45. The summed E-state index contributed by atoms with van der Waals surface area (Å²) in [5, 5.41) is 0. The molecule has 0 aromatic heterocycles. The number of methoxy groups -OCH3 is 1. The molecule has 0 saturated carbocycles. The lowest BCUT2D eigenvalue weighted by molar-refractivity contribution is -0.138. The van der Waals surface area contributed by atoms with Crippen molar-refractivity contribution in [1.82, 2.24) is 4.90 Å². The molecule has 0 aliphatic carbocycles. The number of ether oxygens (including phenoxy) is 2. The third-order valence-corrected chi connectivity index (χ3v) is 4.88. The van der Waals surface area contributed by atoms with Gasteiger partial charge in [0.05, 0.1) is 18.7 Å². The quantitative estimate of drug-likeness (QED) is 0.698. The molecule has 1 aromatic rings. The first-order valence-electron chi connectivity index (χ1n) is 8.97. The number of benzene rings is 1. The second kappa shape index (κ2) is 6.77. The topological polar surface area (TPSA) is 38.8 Å². The van der Waals surface area contributed by atoms with Crippen LogP contribution < -0.4 is 4.74 Å². The van der Waals surface area contributed by atoms with Crippen LogP contribution in [-0.2, 0) is 10.9 Å². The fraction of sp³-hybridized carbons (Fsp3) is 0.550. The molecule has 0 N–H and O–H groups in total. The molecule has 1 saturated heterocycles. The second-order valence-electron chi connectivity index (χ2n) is 7.99. The minimum Gasteiger partial charge on any atom is -0.496 e. The van der Waals surface area contributed by atoms with E-state index in [2.05, 4.69) is 0 Å². The molecule has 2 atom stereocenters. The summed E-state index contributed by atoms with van der Waals surface area (Å²) in [7, 11) is 1.23. The van der Waals surface area contributed by atoms with E-state index in [9.17, 15) is 18.0 Å². The number of fused-ring (bicyclic) bond motifs is 2. The van der Waals surface area contributed by atoms with Crippen molar-refractivity contribution in [2.24, 2.45) is 0 Å². The van der Waals surface area contributed by atoms with E-state index in [-0.39, 0.29) is 23.9 Å². The van der Waals surface area contributed by atoms with Gasteiger partial charge >= 0.3 is 12.3 Å². The van der Waals surface area contributed by atoms with E-state index in [0.29, 0.717) is 12.0 Å². The van der Waals surface area contributed by atoms with Crippen LogP contribution in [0.15, 0.2) is 24.3 Å². The maximum atomic E-state index is 13.1. The Morgan fingerprint density at radius 2 is 1.89 bits per heavy atom. The zero-order chi connectivity index (χ0) is 20.0. The Hall–Kier alpha value is -2.18. The average Bonchev–Trinajstić information content (AvgIpc) is 2.82. The van der Waals surface area contributed by atoms with Crippen LogP contribution in [0.4, 0.5) is 18.0 Å². The third-order valence-electron chi connectivity index (χ3n) is 4.88. The van der Waals surface area contributed by atoms with Crippen LogP contribution >= 0.6 is 0 Å². The fourth-order valence-electron chi connectivity index (χ4n) is 3.77. The van der Waals surface area contributed by atoms with Crippen LogP contribution in [0.2, 0.25) is 0 Å². The Bertz CT molecular complexity index is 765. The van der Waals surface area contributed by atoms with Crippen molar-refractivity contribution in [3.8, 4) is 5.75 Å². The predicted octanol–water partition coefficient (Wildman–Crippen LogP) is 5.27. The average molecular weight is 383 g/mol. The molecule has 27 heavy (non-hydrogen) atoms. The smallest absolute Gasteiger partial charge is 0.419 e. The highest BCUT2D eigenvalue weighted by molar-refractivity contribution is 5.75. The van der Waals surface area contributed by atoms with Crippen molar-refractivity contribution >= 4 is 11.7 Å². The molecule has 7 heteroatoms. The zero-order valence-electron chi connectivity index (χ0n) is 15.9. The normalized spacial score (nSPS) is 22.5.